The van der Waals surface area contributed by atoms with Gasteiger partial charge in [0.15, 0.2) is 0 Å². The maximum atomic E-state index is 10.6. The summed E-state index contributed by atoms with van der Waals surface area (Å²) in [4.78, 5) is 16.1. The second-order valence-electron chi connectivity index (χ2n) is 3.40. The number of pyridine rings is 1. The van der Waals surface area contributed by atoms with E-state index in [1.807, 2.05) is 0 Å². The third-order valence-electron chi connectivity index (χ3n) is 2.40. The quantitative estimate of drug-likeness (QED) is 0.562. The number of anilines is 1. The van der Waals surface area contributed by atoms with Gasteiger partial charge in [0.1, 0.15) is 6.20 Å². The van der Waals surface area contributed by atoms with Gasteiger partial charge in [-0.3, -0.25) is 15.1 Å². The minimum atomic E-state index is -0.418. The summed E-state index contributed by atoms with van der Waals surface area (Å²) in [5.74, 6) is 0. The Kier molecular flexibility index (Phi) is 2.77. The molecule has 2 rings (SSSR count). The molecular formula is C9H12N4O2. The molecule has 15 heavy (non-hydrogen) atoms. The van der Waals surface area contributed by atoms with E-state index in [0.29, 0.717) is 0 Å². The number of nitrogens with one attached hydrogen (secondary N) is 1. The highest BCUT2D eigenvalue weighted by molar-refractivity contribution is 5.50. The molecule has 0 bridgehead atoms. The molecule has 0 saturated carbocycles. The van der Waals surface area contributed by atoms with E-state index in [9.17, 15) is 10.1 Å². The van der Waals surface area contributed by atoms with Crippen LogP contribution in [0.15, 0.2) is 18.5 Å². The molecule has 1 aromatic heterocycles. The van der Waals surface area contributed by atoms with Crippen molar-refractivity contribution in [2.45, 2.75) is 0 Å². The van der Waals surface area contributed by atoms with Gasteiger partial charge in [-0.15, -0.1) is 0 Å². The van der Waals surface area contributed by atoms with Gasteiger partial charge in [-0.25, -0.2) is 0 Å². The molecule has 1 aliphatic heterocycles. The highest BCUT2D eigenvalue weighted by Crippen LogP contribution is 2.19. The number of piperazine rings is 1. The van der Waals surface area contributed by atoms with Crippen molar-refractivity contribution >= 4 is 11.4 Å². The number of aromatic nitrogens is 1. The fraction of sp³-hybridized carbons (Fsp3) is 0.444. The lowest BCUT2D eigenvalue weighted by Gasteiger charge is -2.28. The minimum Gasteiger partial charge on any atom is -0.368 e. The first-order valence-corrected chi connectivity index (χ1v) is 4.82. The van der Waals surface area contributed by atoms with Gasteiger partial charge in [0.2, 0.25) is 0 Å². The maximum Gasteiger partial charge on any atom is 0.289 e. The Bertz CT molecular complexity index is 363. The summed E-state index contributed by atoms with van der Waals surface area (Å²) in [5.41, 5.74) is 0.872. The fourth-order valence-corrected chi connectivity index (χ4v) is 1.61. The van der Waals surface area contributed by atoms with Gasteiger partial charge in [0, 0.05) is 32.2 Å². The standard InChI is InChI=1S/C9H12N4O2/c14-13(15)9-5-8(6-11-7-9)12-3-1-10-2-4-12/h5-7,10H,1-4H2. The van der Waals surface area contributed by atoms with Crippen LogP contribution in [0.2, 0.25) is 0 Å². The van der Waals surface area contributed by atoms with Crippen LogP contribution in [0.4, 0.5) is 11.4 Å². The maximum absolute atomic E-state index is 10.6. The monoisotopic (exact) mass is 208 g/mol. The van der Waals surface area contributed by atoms with Gasteiger partial charge in [-0.05, 0) is 0 Å². The molecule has 1 aromatic rings. The van der Waals surface area contributed by atoms with Crippen molar-refractivity contribution in [3.8, 4) is 0 Å². The molecule has 0 atom stereocenters. The second kappa shape index (κ2) is 4.22. The van der Waals surface area contributed by atoms with Crippen LogP contribution in [-0.4, -0.2) is 36.1 Å². The van der Waals surface area contributed by atoms with Crippen LogP contribution >= 0.6 is 0 Å². The minimum absolute atomic E-state index is 0.0473. The van der Waals surface area contributed by atoms with E-state index in [1.54, 1.807) is 12.3 Å². The topological polar surface area (TPSA) is 71.3 Å². The van der Waals surface area contributed by atoms with Gasteiger partial charge >= 0.3 is 0 Å². The van der Waals surface area contributed by atoms with Crippen LogP contribution < -0.4 is 10.2 Å². The number of hydrogen-bond acceptors (Lipinski definition) is 5. The van der Waals surface area contributed by atoms with Crippen molar-refractivity contribution in [3.63, 3.8) is 0 Å². The smallest absolute Gasteiger partial charge is 0.289 e. The highest BCUT2D eigenvalue weighted by atomic mass is 16.6. The third kappa shape index (κ3) is 2.21. The summed E-state index contributed by atoms with van der Waals surface area (Å²) >= 11 is 0. The predicted molar refractivity (Wildman–Crippen MR) is 56.0 cm³/mol. The molecule has 0 aliphatic carbocycles. The lowest BCUT2D eigenvalue weighted by molar-refractivity contribution is -0.385. The van der Waals surface area contributed by atoms with Gasteiger partial charge < -0.3 is 10.2 Å². The zero-order valence-electron chi connectivity index (χ0n) is 8.22. The summed E-state index contributed by atoms with van der Waals surface area (Å²) in [7, 11) is 0. The normalized spacial score (nSPS) is 16.4. The summed E-state index contributed by atoms with van der Waals surface area (Å²) in [6.07, 6.45) is 2.93. The largest absolute Gasteiger partial charge is 0.368 e. The Morgan fingerprint density at radius 1 is 1.40 bits per heavy atom. The molecule has 6 nitrogen and oxygen atoms in total. The van der Waals surface area contributed by atoms with Crippen molar-refractivity contribution in [1.82, 2.24) is 10.3 Å². The highest BCUT2D eigenvalue weighted by Gasteiger charge is 2.14. The lowest BCUT2D eigenvalue weighted by atomic mass is 10.3. The van der Waals surface area contributed by atoms with E-state index >= 15 is 0 Å². The molecule has 2 heterocycles. The average Bonchev–Trinajstić information content (AvgIpc) is 2.30. The van der Waals surface area contributed by atoms with Crippen LogP contribution in [0.1, 0.15) is 0 Å². The first-order chi connectivity index (χ1) is 7.27. The predicted octanol–water partition coefficient (Wildman–Crippen LogP) is 0.399. The summed E-state index contributed by atoms with van der Waals surface area (Å²) < 4.78 is 0. The van der Waals surface area contributed by atoms with E-state index in [0.717, 1.165) is 31.9 Å². The Morgan fingerprint density at radius 2 is 2.13 bits per heavy atom. The van der Waals surface area contributed by atoms with Gasteiger partial charge in [-0.1, -0.05) is 0 Å². The van der Waals surface area contributed by atoms with E-state index in [1.165, 1.54) is 6.20 Å². The lowest BCUT2D eigenvalue weighted by Crippen LogP contribution is -2.43. The first-order valence-electron chi connectivity index (χ1n) is 4.82. The van der Waals surface area contributed by atoms with Crippen LogP contribution in [0.3, 0.4) is 0 Å². The molecule has 6 heteroatoms. The summed E-state index contributed by atoms with van der Waals surface area (Å²) in [6, 6.07) is 1.57. The molecule has 0 aromatic carbocycles. The third-order valence-corrected chi connectivity index (χ3v) is 2.40. The van der Waals surface area contributed by atoms with Crippen LogP contribution in [0.25, 0.3) is 0 Å². The summed E-state index contributed by atoms with van der Waals surface area (Å²) in [6.45, 7) is 3.54. The summed E-state index contributed by atoms with van der Waals surface area (Å²) in [5, 5.41) is 13.8. The van der Waals surface area contributed by atoms with E-state index in [-0.39, 0.29) is 5.69 Å². The zero-order chi connectivity index (χ0) is 10.7. The molecule has 1 aliphatic rings. The number of nitrogens with zero attached hydrogens (tertiary/aromatic N) is 3. The molecule has 1 fully saturated rings. The molecule has 1 N–H and O–H groups in total. The fourth-order valence-electron chi connectivity index (χ4n) is 1.61. The first kappa shape index (κ1) is 9.85. The Balaban J connectivity index is 2.19. The zero-order valence-corrected chi connectivity index (χ0v) is 8.22. The Morgan fingerprint density at radius 3 is 2.80 bits per heavy atom. The number of rotatable bonds is 2. The number of nitro groups is 1. The molecule has 80 valence electrons. The molecule has 1 saturated heterocycles. The Hall–Kier alpha value is -1.69. The van der Waals surface area contributed by atoms with Crippen LogP contribution in [-0.2, 0) is 0 Å². The SMILES string of the molecule is O=[N+]([O-])c1cncc(N2CCNCC2)c1. The van der Waals surface area contributed by atoms with Crippen molar-refractivity contribution in [2.24, 2.45) is 0 Å². The second-order valence-corrected chi connectivity index (χ2v) is 3.40. The van der Waals surface area contributed by atoms with Crippen LogP contribution in [0.5, 0.6) is 0 Å². The molecule has 0 spiro atoms. The average molecular weight is 208 g/mol. The molecule has 0 unspecified atom stereocenters. The van der Waals surface area contributed by atoms with Gasteiger partial charge in [0.25, 0.3) is 5.69 Å². The van der Waals surface area contributed by atoms with Crippen molar-refractivity contribution in [2.75, 3.05) is 31.1 Å². The van der Waals surface area contributed by atoms with E-state index in [4.69, 9.17) is 0 Å². The molecule has 0 amide bonds. The van der Waals surface area contributed by atoms with E-state index in [2.05, 4.69) is 15.2 Å². The van der Waals surface area contributed by atoms with E-state index < -0.39 is 4.92 Å². The van der Waals surface area contributed by atoms with Crippen molar-refractivity contribution < 1.29 is 4.92 Å². The van der Waals surface area contributed by atoms with Crippen molar-refractivity contribution in [1.29, 1.82) is 0 Å². The van der Waals surface area contributed by atoms with Crippen LogP contribution in [0, 0.1) is 10.1 Å². The van der Waals surface area contributed by atoms with Gasteiger partial charge in [-0.2, -0.15) is 0 Å². The molecular weight excluding hydrogens is 196 g/mol. The van der Waals surface area contributed by atoms with Gasteiger partial charge in [0.05, 0.1) is 16.8 Å². The Labute approximate surface area is 87.1 Å². The van der Waals surface area contributed by atoms with Crippen molar-refractivity contribution in [3.05, 3.63) is 28.6 Å². The number of hydrogen-bond donors (Lipinski definition) is 1. The molecule has 0 radical (unpaired) electrons.